The topological polar surface area (TPSA) is 102 Å². The molecule has 0 spiro atoms. The van der Waals surface area contributed by atoms with Crippen LogP contribution in [0.5, 0.6) is 0 Å². The first-order valence-corrected chi connectivity index (χ1v) is 9.04. The Bertz CT molecular complexity index is 1050. The zero-order valence-corrected chi connectivity index (χ0v) is 16.9. The van der Waals surface area contributed by atoms with Crippen molar-refractivity contribution in [1.82, 2.24) is 19.6 Å². The number of nitrogens with zero attached hydrogens (tertiary/aromatic N) is 4. The van der Waals surface area contributed by atoms with E-state index >= 15 is 0 Å². The summed E-state index contributed by atoms with van der Waals surface area (Å²) >= 11 is 15.4. The maximum absolute atomic E-state index is 12.4. The molecule has 0 aliphatic heterocycles. The van der Waals surface area contributed by atoms with Gasteiger partial charge in [0.2, 0.25) is 0 Å². The third-order valence-electron chi connectivity index (χ3n) is 3.57. The molecule has 2 N–H and O–H groups in total. The summed E-state index contributed by atoms with van der Waals surface area (Å²) in [5.41, 5.74) is 0.400. The van der Waals surface area contributed by atoms with Crippen LogP contribution in [-0.4, -0.2) is 36.5 Å². The maximum Gasteiger partial charge on any atom is 0.339 e. The number of hydrogen-bond donors (Lipinski definition) is 2. The molecule has 3 aromatic rings. The number of hydrogen-bond acceptors (Lipinski definition) is 4. The van der Waals surface area contributed by atoms with E-state index in [9.17, 15) is 14.7 Å². The fourth-order valence-electron chi connectivity index (χ4n) is 2.37. The molecule has 1 amide bonds. The predicted octanol–water partition coefficient (Wildman–Crippen LogP) is 3.68. The van der Waals surface area contributed by atoms with Gasteiger partial charge in [-0.25, -0.2) is 4.79 Å². The first kappa shape index (κ1) is 19.4. The number of aromatic nitrogens is 4. The fourth-order valence-corrected chi connectivity index (χ4v) is 3.25. The third kappa shape index (κ3) is 4.32. The minimum Gasteiger partial charge on any atom is -0.478 e. The Labute approximate surface area is 171 Å². The third-order valence-corrected chi connectivity index (χ3v) is 4.74. The number of amides is 1. The summed E-state index contributed by atoms with van der Waals surface area (Å²) < 4.78 is 3.36. The van der Waals surface area contributed by atoms with E-state index in [0.717, 1.165) is 5.56 Å². The predicted molar refractivity (Wildman–Crippen MR) is 104 cm³/mol. The number of anilines is 1. The minimum atomic E-state index is -1.24. The van der Waals surface area contributed by atoms with Crippen LogP contribution in [0.3, 0.4) is 0 Å². The van der Waals surface area contributed by atoms with E-state index in [4.69, 9.17) is 23.2 Å². The van der Waals surface area contributed by atoms with E-state index in [1.807, 2.05) is 0 Å². The second kappa shape index (κ2) is 7.71. The highest BCUT2D eigenvalue weighted by molar-refractivity contribution is 9.10. The van der Waals surface area contributed by atoms with Crippen LogP contribution in [0.25, 0.3) is 0 Å². The van der Waals surface area contributed by atoms with Gasteiger partial charge in [0, 0.05) is 29.5 Å². The molecule has 0 atom stereocenters. The average Bonchev–Trinajstić information content (AvgIpc) is 3.13. The Kier molecular flexibility index (Phi) is 5.54. The Balaban J connectivity index is 1.81. The number of benzene rings is 1. The second-order valence-corrected chi connectivity index (χ2v) is 7.28. The molecule has 11 heteroatoms. The van der Waals surface area contributed by atoms with Gasteiger partial charge in [0.1, 0.15) is 5.56 Å². The molecule has 27 heavy (non-hydrogen) atoms. The van der Waals surface area contributed by atoms with Crippen molar-refractivity contribution in [2.24, 2.45) is 7.05 Å². The first-order chi connectivity index (χ1) is 12.7. The van der Waals surface area contributed by atoms with Crippen LogP contribution in [-0.2, 0) is 13.6 Å². The largest absolute Gasteiger partial charge is 0.478 e. The van der Waals surface area contributed by atoms with Crippen molar-refractivity contribution < 1.29 is 14.7 Å². The molecule has 140 valence electrons. The molecular weight excluding hydrogens is 461 g/mol. The number of rotatable bonds is 5. The second-order valence-electron chi connectivity index (χ2n) is 5.58. The highest BCUT2D eigenvalue weighted by Gasteiger charge is 2.22. The van der Waals surface area contributed by atoms with E-state index in [0.29, 0.717) is 21.1 Å². The van der Waals surface area contributed by atoms with E-state index < -0.39 is 11.9 Å². The highest BCUT2D eigenvalue weighted by Crippen LogP contribution is 2.25. The molecular formula is C16H12BrCl2N5O3. The summed E-state index contributed by atoms with van der Waals surface area (Å²) in [5, 5.41) is 20.9. The lowest BCUT2D eigenvalue weighted by Crippen LogP contribution is -2.17. The summed E-state index contributed by atoms with van der Waals surface area (Å²) in [6, 6.07) is 5.14. The van der Waals surface area contributed by atoms with Gasteiger partial charge in [-0.2, -0.15) is 10.2 Å². The minimum absolute atomic E-state index is 0.196. The standard InChI is InChI=1S/C16H12BrCl2N5O3/c1-23-6-10(16(26)27)13(21-23)15(25)20-14-11(17)7-24(22-14)5-8-2-3-9(18)4-12(8)19/h2-4,6-7H,5H2,1H3,(H,26,27)(H,20,22,25). The van der Waals surface area contributed by atoms with Crippen LogP contribution in [0, 0.1) is 0 Å². The zero-order valence-electron chi connectivity index (χ0n) is 13.8. The maximum atomic E-state index is 12.4. The summed E-state index contributed by atoms with van der Waals surface area (Å²) in [4.78, 5) is 23.6. The Morgan fingerprint density at radius 3 is 2.67 bits per heavy atom. The SMILES string of the molecule is Cn1cc(C(=O)O)c(C(=O)Nc2nn(Cc3ccc(Cl)cc3Cl)cc2Br)n1. The molecule has 3 rings (SSSR count). The van der Waals surface area contributed by atoms with Gasteiger partial charge in [-0.3, -0.25) is 14.2 Å². The van der Waals surface area contributed by atoms with E-state index in [-0.39, 0.29) is 17.1 Å². The molecule has 0 bridgehead atoms. The van der Waals surface area contributed by atoms with Gasteiger partial charge in [0.25, 0.3) is 5.91 Å². The van der Waals surface area contributed by atoms with Crippen LogP contribution in [0.1, 0.15) is 26.4 Å². The summed E-state index contributed by atoms with van der Waals surface area (Å²) in [6.45, 7) is 0.356. The number of carboxylic acid groups (broad SMARTS) is 1. The summed E-state index contributed by atoms with van der Waals surface area (Å²) in [5.74, 6) is -1.69. The number of carbonyl (C=O) groups excluding carboxylic acids is 1. The molecule has 0 fully saturated rings. The Morgan fingerprint density at radius 1 is 1.26 bits per heavy atom. The zero-order chi connectivity index (χ0) is 19.7. The van der Waals surface area contributed by atoms with Crippen molar-refractivity contribution in [3.8, 4) is 0 Å². The van der Waals surface area contributed by atoms with Crippen LogP contribution < -0.4 is 5.32 Å². The van der Waals surface area contributed by atoms with E-state index in [1.165, 1.54) is 17.9 Å². The summed E-state index contributed by atoms with van der Waals surface area (Å²) in [6.07, 6.45) is 2.92. The van der Waals surface area contributed by atoms with Crippen LogP contribution in [0.4, 0.5) is 5.82 Å². The lowest BCUT2D eigenvalue weighted by Gasteiger charge is -2.05. The Hall–Kier alpha value is -2.36. The number of aromatic carboxylic acids is 1. The normalized spacial score (nSPS) is 10.8. The summed E-state index contributed by atoms with van der Waals surface area (Å²) in [7, 11) is 1.53. The highest BCUT2D eigenvalue weighted by atomic mass is 79.9. The van der Waals surface area contributed by atoms with Gasteiger partial charge >= 0.3 is 5.97 Å². The molecule has 2 aromatic heterocycles. The number of halogens is 3. The van der Waals surface area contributed by atoms with Crippen molar-refractivity contribution in [3.63, 3.8) is 0 Å². The molecule has 0 radical (unpaired) electrons. The first-order valence-electron chi connectivity index (χ1n) is 7.49. The molecule has 8 nitrogen and oxygen atoms in total. The van der Waals surface area contributed by atoms with Crippen LogP contribution in [0.2, 0.25) is 10.0 Å². The monoisotopic (exact) mass is 471 g/mol. The number of nitrogens with one attached hydrogen (secondary N) is 1. The molecule has 0 saturated carbocycles. The quantitative estimate of drug-likeness (QED) is 0.589. The van der Waals surface area contributed by atoms with E-state index in [1.54, 1.807) is 29.1 Å². The molecule has 0 unspecified atom stereocenters. The van der Waals surface area contributed by atoms with Crippen molar-refractivity contribution >= 4 is 56.8 Å². The average molecular weight is 473 g/mol. The molecule has 0 saturated heterocycles. The van der Waals surface area contributed by atoms with Crippen molar-refractivity contribution in [3.05, 3.63) is 61.9 Å². The lowest BCUT2D eigenvalue weighted by atomic mass is 10.2. The van der Waals surface area contributed by atoms with Crippen molar-refractivity contribution in [1.29, 1.82) is 0 Å². The van der Waals surface area contributed by atoms with Crippen molar-refractivity contribution in [2.75, 3.05) is 5.32 Å². The number of carboxylic acids is 1. The smallest absolute Gasteiger partial charge is 0.339 e. The van der Waals surface area contributed by atoms with Gasteiger partial charge in [0.15, 0.2) is 11.5 Å². The number of carbonyl (C=O) groups is 2. The molecule has 0 aliphatic rings. The molecule has 2 heterocycles. The van der Waals surface area contributed by atoms with Gasteiger partial charge in [-0.15, -0.1) is 0 Å². The van der Waals surface area contributed by atoms with Gasteiger partial charge < -0.3 is 10.4 Å². The van der Waals surface area contributed by atoms with E-state index in [2.05, 4.69) is 31.4 Å². The van der Waals surface area contributed by atoms with Crippen molar-refractivity contribution in [2.45, 2.75) is 6.54 Å². The number of aryl methyl sites for hydroxylation is 1. The fraction of sp³-hybridized carbons (Fsp3) is 0.125. The lowest BCUT2D eigenvalue weighted by molar-refractivity contribution is 0.0692. The molecule has 1 aromatic carbocycles. The van der Waals surface area contributed by atoms with Gasteiger partial charge in [-0.1, -0.05) is 29.3 Å². The van der Waals surface area contributed by atoms with Crippen LogP contribution >= 0.6 is 39.1 Å². The Morgan fingerprint density at radius 2 is 2.00 bits per heavy atom. The van der Waals surface area contributed by atoms with Gasteiger partial charge in [-0.05, 0) is 33.6 Å². The van der Waals surface area contributed by atoms with Gasteiger partial charge in [0.05, 0.1) is 11.0 Å². The van der Waals surface area contributed by atoms with Crippen LogP contribution in [0.15, 0.2) is 35.1 Å². The molecule has 0 aliphatic carbocycles.